The highest BCUT2D eigenvalue weighted by atomic mass is 79.9. The van der Waals surface area contributed by atoms with E-state index in [0.29, 0.717) is 18.4 Å². The van der Waals surface area contributed by atoms with E-state index in [-0.39, 0.29) is 33.2 Å². The van der Waals surface area contributed by atoms with Crippen LogP contribution in [0, 0.1) is 16.0 Å². The molecular formula is C18H20BrF2N3O4. The fourth-order valence-electron chi connectivity index (χ4n) is 3.39. The maximum atomic E-state index is 14.3. The summed E-state index contributed by atoms with van der Waals surface area (Å²) in [6.07, 6.45) is 1.15. The average Bonchev–Trinajstić information content (AvgIpc) is 3.46. The molecule has 1 saturated carbocycles. The van der Waals surface area contributed by atoms with Gasteiger partial charge in [0.1, 0.15) is 11.1 Å². The van der Waals surface area contributed by atoms with E-state index in [0.717, 1.165) is 0 Å². The molecule has 10 heteroatoms. The minimum Gasteiger partial charge on any atom is -0.390 e. The normalized spacial score (nSPS) is 15.8. The Bertz CT molecular complexity index is 989. The van der Waals surface area contributed by atoms with Crippen molar-refractivity contribution in [3.8, 4) is 0 Å². The number of aromatic nitrogens is 1. The van der Waals surface area contributed by atoms with E-state index >= 15 is 0 Å². The van der Waals surface area contributed by atoms with E-state index in [1.165, 1.54) is 22.8 Å². The lowest BCUT2D eigenvalue weighted by atomic mass is 10.0. The Morgan fingerprint density at radius 3 is 2.57 bits per heavy atom. The van der Waals surface area contributed by atoms with Crippen LogP contribution >= 0.6 is 15.9 Å². The molecule has 1 aliphatic carbocycles. The quantitative estimate of drug-likeness (QED) is 0.480. The van der Waals surface area contributed by atoms with Crippen LogP contribution in [0.2, 0.25) is 0 Å². The van der Waals surface area contributed by atoms with Crippen molar-refractivity contribution >= 4 is 38.2 Å². The number of aliphatic hydroxyl groups is 1. The van der Waals surface area contributed by atoms with E-state index in [9.17, 15) is 23.7 Å². The summed E-state index contributed by atoms with van der Waals surface area (Å²) in [5.74, 6) is -3.75. The van der Waals surface area contributed by atoms with Gasteiger partial charge < -0.3 is 15.0 Å². The number of rotatable bonds is 7. The van der Waals surface area contributed by atoms with Crippen molar-refractivity contribution in [3.05, 3.63) is 43.1 Å². The standard InChI is InChI=1S/C18H20BrF2N3O4/c1-9(2)23-13-6-5-11(24(27)28)7-12(13)15(14(19)17(23)26)22-16(10-3-4-10)18(20,21)8-25/h5-7,9-10,16,22,25H,3-4,8H2,1-2H3/t16-/m0/s1. The predicted molar refractivity (Wildman–Crippen MR) is 105 cm³/mol. The molecule has 0 radical (unpaired) electrons. The van der Waals surface area contributed by atoms with Gasteiger partial charge in [0.2, 0.25) is 0 Å². The summed E-state index contributed by atoms with van der Waals surface area (Å²) < 4.78 is 30.1. The van der Waals surface area contributed by atoms with Crippen molar-refractivity contribution in [2.24, 2.45) is 5.92 Å². The molecule has 1 aromatic heterocycles. The molecule has 7 nitrogen and oxygen atoms in total. The number of benzene rings is 1. The lowest BCUT2D eigenvalue weighted by molar-refractivity contribution is -0.384. The number of nitro groups is 1. The van der Waals surface area contributed by atoms with Crippen LogP contribution in [0.15, 0.2) is 27.5 Å². The number of alkyl halides is 2. The number of aliphatic hydroxyl groups excluding tert-OH is 1. The maximum Gasteiger partial charge on any atom is 0.290 e. The number of non-ortho nitro benzene ring substituents is 1. The van der Waals surface area contributed by atoms with E-state index in [1.54, 1.807) is 13.8 Å². The summed E-state index contributed by atoms with van der Waals surface area (Å²) in [5, 5.41) is 23.4. The molecule has 152 valence electrons. The van der Waals surface area contributed by atoms with Gasteiger partial charge in [0.25, 0.3) is 17.2 Å². The van der Waals surface area contributed by atoms with Crippen LogP contribution in [-0.4, -0.2) is 33.2 Å². The van der Waals surface area contributed by atoms with Gasteiger partial charge in [0, 0.05) is 23.6 Å². The summed E-state index contributed by atoms with van der Waals surface area (Å²) >= 11 is 3.20. The molecule has 0 bridgehead atoms. The summed E-state index contributed by atoms with van der Waals surface area (Å²) in [4.78, 5) is 23.5. The molecule has 2 N–H and O–H groups in total. The molecule has 1 atom stereocenters. The lowest BCUT2D eigenvalue weighted by Gasteiger charge is -2.29. The molecule has 1 aromatic carbocycles. The topological polar surface area (TPSA) is 97.4 Å². The van der Waals surface area contributed by atoms with Crippen molar-refractivity contribution in [1.29, 1.82) is 0 Å². The molecular weight excluding hydrogens is 440 g/mol. The fourth-order valence-corrected chi connectivity index (χ4v) is 3.91. The molecule has 0 aliphatic heterocycles. The number of halogens is 3. The second-order valence-electron chi connectivity index (χ2n) is 7.30. The predicted octanol–water partition coefficient (Wildman–Crippen LogP) is 4.07. The monoisotopic (exact) mass is 459 g/mol. The smallest absolute Gasteiger partial charge is 0.290 e. The molecule has 0 spiro atoms. The Kier molecular flexibility index (Phi) is 5.46. The van der Waals surface area contributed by atoms with Crippen LogP contribution in [0.25, 0.3) is 10.9 Å². The Hall–Kier alpha value is -2.07. The Balaban J connectivity index is 2.27. The second-order valence-corrected chi connectivity index (χ2v) is 8.09. The van der Waals surface area contributed by atoms with Gasteiger partial charge >= 0.3 is 0 Å². The largest absolute Gasteiger partial charge is 0.390 e. The van der Waals surface area contributed by atoms with Crippen molar-refractivity contribution in [2.45, 2.75) is 44.7 Å². The number of fused-ring (bicyclic) bond motifs is 1. The zero-order chi connectivity index (χ0) is 20.8. The van der Waals surface area contributed by atoms with Crippen molar-refractivity contribution in [1.82, 2.24) is 4.57 Å². The molecule has 28 heavy (non-hydrogen) atoms. The van der Waals surface area contributed by atoms with Gasteiger partial charge in [0.05, 0.1) is 22.2 Å². The van der Waals surface area contributed by atoms with Crippen LogP contribution < -0.4 is 10.9 Å². The van der Waals surface area contributed by atoms with Crippen LogP contribution in [0.5, 0.6) is 0 Å². The number of anilines is 1. The molecule has 2 aromatic rings. The number of nitrogens with one attached hydrogen (secondary N) is 1. The molecule has 0 amide bonds. The van der Waals surface area contributed by atoms with Crippen LogP contribution in [-0.2, 0) is 0 Å². The third kappa shape index (κ3) is 3.62. The number of nitrogens with zero attached hydrogens (tertiary/aromatic N) is 2. The fraction of sp³-hybridized carbons (Fsp3) is 0.500. The van der Waals surface area contributed by atoms with Gasteiger partial charge in [-0.2, -0.15) is 0 Å². The SMILES string of the molecule is CC(C)n1c(=O)c(Br)c(N[C@@H](C2CC2)C(F)(F)CO)c2cc([N+](=O)[O-])ccc21. The zero-order valence-corrected chi connectivity index (χ0v) is 16.9. The van der Waals surface area contributed by atoms with Gasteiger partial charge in [-0.15, -0.1) is 0 Å². The summed E-state index contributed by atoms with van der Waals surface area (Å²) in [6, 6.07) is 2.36. The summed E-state index contributed by atoms with van der Waals surface area (Å²) in [7, 11) is 0. The van der Waals surface area contributed by atoms with Gasteiger partial charge in [0.15, 0.2) is 0 Å². The Morgan fingerprint density at radius 1 is 1.43 bits per heavy atom. The summed E-state index contributed by atoms with van der Waals surface area (Å²) in [5.41, 5.74) is -0.169. The number of pyridine rings is 1. The van der Waals surface area contributed by atoms with Gasteiger partial charge in [-0.05, 0) is 54.6 Å². The average molecular weight is 460 g/mol. The first-order valence-corrected chi connectivity index (χ1v) is 9.65. The third-order valence-corrected chi connectivity index (χ3v) is 5.66. The first-order valence-electron chi connectivity index (χ1n) is 8.85. The van der Waals surface area contributed by atoms with E-state index in [1.807, 2.05) is 0 Å². The molecule has 0 saturated heterocycles. The highest BCUT2D eigenvalue weighted by Crippen LogP contribution is 2.43. The molecule has 1 fully saturated rings. The van der Waals surface area contributed by atoms with E-state index in [4.69, 9.17) is 5.11 Å². The van der Waals surface area contributed by atoms with Crippen LogP contribution in [0.4, 0.5) is 20.2 Å². The highest BCUT2D eigenvalue weighted by Gasteiger charge is 2.48. The number of hydrogen-bond donors (Lipinski definition) is 2. The number of hydrogen-bond acceptors (Lipinski definition) is 5. The third-order valence-electron chi connectivity index (χ3n) is 4.92. The first kappa shape index (κ1) is 20.7. The first-order chi connectivity index (χ1) is 13.1. The second kappa shape index (κ2) is 7.40. The highest BCUT2D eigenvalue weighted by molar-refractivity contribution is 9.10. The minimum absolute atomic E-state index is 0.0218. The van der Waals surface area contributed by atoms with Crippen molar-refractivity contribution in [2.75, 3.05) is 11.9 Å². The van der Waals surface area contributed by atoms with Crippen LogP contribution in [0.3, 0.4) is 0 Å². The van der Waals surface area contributed by atoms with Crippen molar-refractivity contribution in [3.63, 3.8) is 0 Å². The Labute approximate surface area is 167 Å². The maximum absolute atomic E-state index is 14.3. The Morgan fingerprint density at radius 2 is 2.07 bits per heavy atom. The molecule has 0 unspecified atom stereocenters. The molecule has 1 aliphatic rings. The van der Waals surface area contributed by atoms with Gasteiger partial charge in [-0.25, -0.2) is 8.78 Å². The van der Waals surface area contributed by atoms with Gasteiger partial charge in [-0.3, -0.25) is 14.9 Å². The van der Waals surface area contributed by atoms with Gasteiger partial charge in [-0.1, -0.05) is 0 Å². The van der Waals surface area contributed by atoms with E-state index in [2.05, 4.69) is 21.2 Å². The number of nitro benzene ring substituents is 1. The lowest BCUT2D eigenvalue weighted by Crippen LogP contribution is -2.44. The molecule has 1 heterocycles. The van der Waals surface area contributed by atoms with Crippen LogP contribution in [0.1, 0.15) is 32.7 Å². The van der Waals surface area contributed by atoms with E-state index < -0.39 is 29.1 Å². The van der Waals surface area contributed by atoms with Crippen molar-refractivity contribution < 1.29 is 18.8 Å². The minimum atomic E-state index is -3.40. The summed E-state index contributed by atoms with van der Waals surface area (Å²) in [6.45, 7) is 2.24. The molecule has 3 rings (SSSR count). The zero-order valence-electron chi connectivity index (χ0n) is 15.3.